The van der Waals surface area contributed by atoms with E-state index in [1.165, 1.54) is 0 Å². The minimum Gasteiger partial charge on any atom is -0.349 e. The monoisotopic (exact) mass is 371 g/mol. The summed E-state index contributed by atoms with van der Waals surface area (Å²) in [7, 11) is 0. The molecule has 3 rings (SSSR count). The van der Waals surface area contributed by atoms with Crippen LogP contribution in [-0.2, 0) is 4.79 Å². The van der Waals surface area contributed by atoms with Crippen LogP contribution in [0.3, 0.4) is 0 Å². The number of pyridine rings is 1. The summed E-state index contributed by atoms with van der Waals surface area (Å²) < 4.78 is 1.66. The third-order valence-electron chi connectivity index (χ3n) is 4.77. The van der Waals surface area contributed by atoms with Gasteiger partial charge in [-0.15, -0.1) is 0 Å². The lowest BCUT2D eigenvalue weighted by molar-refractivity contribution is -0.119. The number of piperazine rings is 1. The molecule has 0 spiro atoms. The van der Waals surface area contributed by atoms with Gasteiger partial charge in [0.25, 0.3) is 11.8 Å². The molecule has 0 atom stereocenters. The molecule has 0 unspecified atom stereocenters. The van der Waals surface area contributed by atoms with Crippen LogP contribution in [0.1, 0.15) is 47.3 Å². The van der Waals surface area contributed by atoms with E-state index in [1.54, 1.807) is 32.5 Å². The first-order valence-electron chi connectivity index (χ1n) is 9.39. The van der Waals surface area contributed by atoms with Crippen molar-refractivity contribution < 1.29 is 14.4 Å². The van der Waals surface area contributed by atoms with E-state index in [-0.39, 0.29) is 23.3 Å². The lowest BCUT2D eigenvalue weighted by Crippen LogP contribution is -2.48. The fourth-order valence-corrected chi connectivity index (χ4v) is 3.19. The second-order valence-corrected chi connectivity index (χ2v) is 6.64. The third kappa shape index (κ3) is 4.10. The number of rotatable bonds is 7. The van der Waals surface area contributed by atoms with Crippen molar-refractivity contribution in [2.45, 2.75) is 26.2 Å². The zero-order valence-corrected chi connectivity index (χ0v) is 15.6. The lowest BCUT2D eigenvalue weighted by atomic mass is 10.2. The molecule has 0 aromatic carbocycles. The van der Waals surface area contributed by atoms with Crippen molar-refractivity contribution in [2.75, 3.05) is 32.7 Å². The Morgan fingerprint density at radius 3 is 2.67 bits per heavy atom. The molecule has 8 nitrogen and oxygen atoms in total. The summed E-state index contributed by atoms with van der Waals surface area (Å²) in [6.07, 6.45) is 5.59. The van der Waals surface area contributed by atoms with Crippen LogP contribution in [0.15, 0.2) is 24.4 Å². The van der Waals surface area contributed by atoms with Gasteiger partial charge in [-0.3, -0.25) is 18.8 Å². The highest BCUT2D eigenvalue weighted by Gasteiger charge is 2.27. The van der Waals surface area contributed by atoms with Crippen LogP contribution in [0.5, 0.6) is 0 Å². The summed E-state index contributed by atoms with van der Waals surface area (Å²) in [6.45, 7) is 4.63. The van der Waals surface area contributed by atoms with Crippen LogP contribution >= 0.6 is 0 Å². The average Bonchev–Trinajstić information content (AvgIpc) is 3.10. The number of nitrogens with zero attached hydrogens (tertiary/aromatic N) is 4. The van der Waals surface area contributed by atoms with Crippen LogP contribution in [0.25, 0.3) is 5.52 Å². The highest BCUT2D eigenvalue weighted by atomic mass is 16.2. The topological polar surface area (TPSA) is 87.0 Å². The third-order valence-corrected chi connectivity index (χ3v) is 4.77. The fraction of sp³-hybridized carbons (Fsp3) is 0.474. The SMILES string of the molecule is CCCCCNC(=O)c1nc(C(=O)N2CCN(C=O)CC2)c2ccccn12. The summed E-state index contributed by atoms with van der Waals surface area (Å²) in [5.74, 6) is -0.275. The number of imidazole rings is 1. The lowest BCUT2D eigenvalue weighted by Gasteiger charge is -2.32. The van der Waals surface area contributed by atoms with Gasteiger partial charge >= 0.3 is 0 Å². The van der Waals surface area contributed by atoms with E-state index in [9.17, 15) is 14.4 Å². The summed E-state index contributed by atoms with van der Waals surface area (Å²) >= 11 is 0. The quantitative estimate of drug-likeness (QED) is 0.585. The highest BCUT2D eigenvalue weighted by Crippen LogP contribution is 2.16. The first-order valence-corrected chi connectivity index (χ1v) is 9.39. The second kappa shape index (κ2) is 8.66. The van der Waals surface area contributed by atoms with E-state index >= 15 is 0 Å². The predicted octanol–water partition coefficient (Wildman–Crippen LogP) is 1.17. The van der Waals surface area contributed by atoms with Gasteiger partial charge in [-0.2, -0.15) is 0 Å². The Hall–Kier alpha value is -2.90. The van der Waals surface area contributed by atoms with Crippen molar-refractivity contribution in [3.05, 3.63) is 35.9 Å². The maximum Gasteiger partial charge on any atom is 0.287 e. The number of hydrogen-bond donors (Lipinski definition) is 1. The summed E-state index contributed by atoms with van der Waals surface area (Å²) in [4.78, 5) is 44.1. The van der Waals surface area contributed by atoms with Crippen LogP contribution in [0.4, 0.5) is 0 Å². The van der Waals surface area contributed by atoms with E-state index < -0.39 is 0 Å². The van der Waals surface area contributed by atoms with Crippen LogP contribution in [0, 0.1) is 0 Å². The Morgan fingerprint density at radius 2 is 1.96 bits per heavy atom. The molecule has 3 amide bonds. The number of carbonyl (C=O) groups is 3. The average molecular weight is 371 g/mol. The molecular formula is C19H25N5O3. The van der Waals surface area contributed by atoms with E-state index in [2.05, 4.69) is 17.2 Å². The number of amides is 3. The minimum atomic E-state index is -0.280. The Labute approximate surface area is 158 Å². The number of hydrogen-bond acceptors (Lipinski definition) is 4. The van der Waals surface area contributed by atoms with Gasteiger partial charge in [-0.05, 0) is 18.6 Å². The molecule has 0 aliphatic carbocycles. The molecule has 144 valence electrons. The summed E-state index contributed by atoms with van der Waals surface area (Å²) in [5, 5.41) is 2.88. The molecule has 1 aliphatic heterocycles. The molecule has 1 saturated heterocycles. The van der Waals surface area contributed by atoms with Crippen LogP contribution in [0.2, 0.25) is 0 Å². The Kier molecular flexibility index (Phi) is 6.05. The maximum absolute atomic E-state index is 13.0. The number of aromatic nitrogens is 2. The molecule has 2 aromatic heterocycles. The molecule has 0 radical (unpaired) electrons. The highest BCUT2D eigenvalue weighted by molar-refractivity contribution is 6.02. The van der Waals surface area contributed by atoms with Gasteiger partial charge in [0.05, 0.1) is 5.52 Å². The molecule has 8 heteroatoms. The number of nitrogens with one attached hydrogen (secondary N) is 1. The molecule has 27 heavy (non-hydrogen) atoms. The van der Waals surface area contributed by atoms with E-state index in [4.69, 9.17) is 0 Å². The van der Waals surface area contributed by atoms with Gasteiger partial charge in [0.15, 0.2) is 5.69 Å². The van der Waals surface area contributed by atoms with Crippen molar-refractivity contribution >= 4 is 23.7 Å². The zero-order valence-electron chi connectivity index (χ0n) is 15.6. The molecule has 1 aliphatic rings. The molecule has 1 fully saturated rings. The standard InChI is InChI=1S/C19H25N5O3/c1-2-3-5-8-20-18(26)17-21-16(15-7-4-6-9-24(15)17)19(27)23-12-10-22(14-25)11-13-23/h4,6-7,9,14H,2-3,5,8,10-13H2,1H3,(H,20,26). The van der Waals surface area contributed by atoms with Gasteiger partial charge in [-0.1, -0.05) is 25.8 Å². The summed E-state index contributed by atoms with van der Waals surface area (Å²) in [6, 6.07) is 5.41. The van der Waals surface area contributed by atoms with Crippen molar-refractivity contribution in [3.8, 4) is 0 Å². The van der Waals surface area contributed by atoms with Gasteiger partial charge in [0, 0.05) is 38.9 Å². The smallest absolute Gasteiger partial charge is 0.287 e. The Morgan fingerprint density at radius 1 is 1.19 bits per heavy atom. The van der Waals surface area contributed by atoms with E-state index in [0.717, 1.165) is 25.7 Å². The molecule has 0 saturated carbocycles. The molecular weight excluding hydrogens is 346 g/mol. The first kappa shape index (κ1) is 18.9. The molecule has 2 aromatic rings. The van der Waals surface area contributed by atoms with Gasteiger partial charge < -0.3 is 15.1 Å². The largest absolute Gasteiger partial charge is 0.349 e. The minimum absolute atomic E-state index is 0.214. The number of unbranched alkanes of at least 4 members (excludes halogenated alkanes) is 2. The molecule has 0 bridgehead atoms. The Bertz CT molecular complexity index is 824. The van der Waals surface area contributed by atoms with Crippen LogP contribution in [-0.4, -0.2) is 70.1 Å². The van der Waals surface area contributed by atoms with Gasteiger partial charge in [0.2, 0.25) is 12.2 Å². The van der Waals surface area contributed by atoms with E-state index in [0.29, 0.717) is 38.2 Å². The molecule has 3 heterocycles. The predicted molar refractivity (Wildman–Crippen MR) is 101 cm³/mol. The number of carbonyl (C=O) groups excluding carboxylic acids is 3. The van der Waals surface area contributed by atoms with Crippen LogP contribution < -0.4 is 5.32 Å². The van der Waals surface area contributed by atoms with E-state index in [1.807, 2.05) is 6.07 Å². The van der Waals surface area contributed by atoms with Gasteiger partial charge in [-0.25, -0.2) is 4.98 Å². The van der Waals surface area contributed by atoms with Crippen molar-refractivity contribution in [3.63, 3.8) is 0 Å². The normalized spacial score (nSPS) is 14.4. The molecule has 1 N–H and O–H groups in total. The summed E-state index contributed by atoms with van der Waals surface area (Å²) in [5.41, 5.74) is 0.882. The zero-order chi connectivity index (χ0) is 19.2. The first-order chi connectivity index (χ1) is 13.2. The van der Waals surface area contributed by atoms with Crippen molar-refractivity contribution in [1.82, 2.24) is 24.5 Å². The van der Waals surface area contributed by atoms with Gasteiger partial charge in [0.1, 0.15) is 0 Å². The maximum atomic E-state index is 13.0. The fourth-order valence-electron chi connectivity index (χ4n) is 3.19. The Balaban J connectivity index is 1.81. The number of fused-ring (bicyclic) bond motifs is 1. The van der Waals surface area contributed by atoms with Crippen molar-refractivity contribution in [2.24, 2.45) is 0 Å². The van der Waals surface area contributed by atoms with Crippen molar-refractivity contribution in [1.29, 1.82) is 0 Å². The second-order valence-electron chi connectivity index (χ2n) is 6.64.